The second-order valence-corrected chi connectivity index (χ2v) is 6.49. The lowest BCUT2D eigenvalue weighted by molar-refractivity contribution is 0.584. The third-order valence-electron chi connectivity index (χ3n) is 4.58. The van der Waals surface area contributed by atoms with E-state index in [1.54, 1.807) is 19.3 Å². The van der Waals surface area contributed by atoms with Crippen LogP contribution in [0.4, 0.5) is 4.39 Å². The Morgan fingerprint density at radius 2 is 1.96 bits per heavy atom. The molecule has 4 rings (SSSR count). The molecular weight excluding hydrogens is 319 g/mol. The summed E-state index contributed by atoms with van der Waals surface area (Å²) in [4.78, 5) is 23.2. The molecule has 5 nitrogen and oxygen atoms in total. The summed E-state index contributed by atoms with van der Waals surface area (Å²) in [5.74, 6) is -0.246. The molecule has 4 aromatic rings. The van der Waals surface area contributed by atoms with Gasteiger partial charge in [-0.2, -0.15) is 4.39 Å². The molecule has 0 aliphatic heterocycles. The number of fused-ring (bicyclic) bond motifs is 3. The van der Waals surface area contributed by atoms with Crippen LogP contribution in [0.15, 0.2) is 41.5 Å². The normalized spacial score (nSPS) is 11.7. The number of imidazole rings is 1. The fourth-order valence-electron chi connectivity index (χ4n) is 3.19. The van der Waals surface area contributed by atoms with Gasteiger partial charge < -0.3 is 4.98 Å². The van der Waals surface area contributed by atoms with Crippen molar-refractivity contribution >= 4 is 21.9 Å². The van der Waals surface area contributed by atoms with Crippen LogP contribution in [0.3, 0.4) is 0 Å². The lowest BCUT2D eigenvalue weighted by atomic mass is 9.91. The number of pyridine rings is 2. The van der Waals surface area contributed by atoms with Gasteiger partial charge in [0.25, 0.3) is 0 Å². The highest BCUT2D eigenvalue weighted by Crippen LogP contribution is 2.34. The van der Waals surface area contributed by atoms with E-state index in [9.17, 15) is 9.18 Å². The number of aromatic amines is 1. The first kappa shape index (κ1) is 15.5. The number of nitrogens with one attached hydrogen (secondary N) is 1. The second-order valence-electron chi connectivity index (χ2n) is 6.49. The van der Waals surface area contributed by atoms with Crippen LogP contribution in [0.5, 0.6) is 0 Å². The Kier molecular flexibility index (Phi) is 3.42. The highest BCUT2D eigenvalue weighted by atomic mass is 19.1. The third kappa shape index (κ3) is 2.41. The van der Waals surface area contributed by atoms with Gasteiger partial charge in [0.15, 0.2) is 0 Å². The van der Waals surface area contributed by atoms with Crippen LogP contribution in [0.25, 0.3) is 33.1 Å². The number of aromatic nitrogens is 4. The molecule has 0 radical (unpaired) electrons. The van der Waals surface area contributed by atoms with Crippen molar-refractivity contribution < 1.29 is 4.39 Å². The minimum Gasteiger partial charge on any atom is -0.305 e. The quantitative estimate of drug-likeness (QED) is 0.567. The van der Waals surface area contributed by atoms with Gasteiger partial charge in [-0.05, 0) is 41.3 Å². The smallest absolute Gasteiger partial charge is 0.305 e. The number of H-pyrrole nitrogens is 1. The second kappa shape index (κ2) is 5.51. The van der Waals surface area contributed by atoms with E-state index in [1.807, 2.05) is 12.1 Å². The molecule has 0 aliphatic rings. The zero-order valence-corrected chi connectivity index (χ0v) is 14.2. The fraction of sp³-hybridized carbons (Fsp3) is 0.211. The Bertz CT molecular complexity index is 1160. The summed E-state index contributed by atoms with van der Waals surface area (Å²) >= 11 is 0. The van der Waals surface area contributed by atoms with E-state index in [-0.39, 0.29) is 11.6 Å². The Hall–Kier alpha value is -3.02. The molecule has 1 N–H and O–H groups in total. The van der Waals surface area contributed by atoms with Crippen molar-refractivity contribution in [2.75, 3.05) is 0 Å². The van der Waals surface area contributed by atoms with Crippen LogP contribution in [0, 0.1) is 5.95 Å². The SMILES string of the molecule is CC(C)c1cc2ncc3c([nH]c(=O)n3C)c2cc1-c1ccc(F)nc1. The molecule has 0 bridgehead atoms. The molecule has 25 heavy (non-hydrogen) atoms. The van der Waals surface area contributed by atoms with Crippen LogP contribution in [-0.2, 0) is 7.05 Å². The molecule has 0 saturated heterocycles. The van der Waals surface area contributed by atoms with E-state index < -0.39 is 5.95 Å². The van der Waals surface area contributed by atoms with Crippen molar-refractivity contribution in [3.8, 4) is 11.1 Å². The molecule has 0 amide bonds. The van der Waals surface area contributed by atoms with Crippen LogP contribution in [0.2, 0.25) is 0 Å². The maximum Gasteiger partial charge on any atom is 0.326 e. The number of hydrogen-bond donors (Lipinski definition) is 1. The molecule has 3 heterocycles. The molecule has 0 unspecified atom stereocenters. The van der Waals surface area contributed by atoms with Gasteiger partial charge in [0, 0.05) is 24.2 Å². The first-order valence-corrected chi connectivity index (χ1v) is 8.09. The Balaban J connectivity index is 2.10. The zero-order valence-electron chi connectivity index (χ0n) is 14.2. The number of nitrogens with zero attached hydrogens (tertiary/aromatic N) is 3. The van der Waals surface area contributed by atoms with E-state index in [2.05, 4.69) is 28.8 Å². The first-order chi connectivity index (χ1) is 12.0. The Labute approximate surface area is 143 Å². The van der Waals surface area contributed by atoms with Crippen LogP contribution < -0.4 is 5.69 Å². The van der Waals surface area contributed by atoms with Gasteiger partial charge in [0.1, 0.15) is 0 Å². The van der Waals surface area contributed by atoms with Crippen molar-refractivity contribution in [1.29, 1.82) is 0 Å². The van der Waals surface area contributed by atoms with E-state index in [0.29, 0.717) is 0 Å². The number of halogens is 1. The average molecular weight is 336 g/mol. The van der Waals surface area contributed by atoms with Gasteiger partial charge in [-0.25, -0.2) is 9.78 Å². The fourth-order valence-corrected chi connectivity index (χ4v) is 3.19. The van der Waals surface area contributed by atoms with Crippen molar-refractivity contribution in [2.24, 2.45) is 7.05 Å². The molecule has 0 atom stereocenters. The largest absolute Gasteiger partial charge is 0.326 e. The third-order valence-corrected chi connectivity index (χ3v) is 4.58. The minimum atomic E-state index is -0.507. The van der Waals surface area contributed by atoms with Crippen LogP contribution in [-0.4, -0.2) is 19.5 Å². The van der Waals surface area contributed by atoms with Gasteiger partial charge in [0.05, 0.1) is 22.7 Å². The zero-order chi connectivity index (χ0) is 17.7. The van der Waals surface area contributed by atoms with E-state index in [0.717, 1.165) is 38.6 Å². The topological polar surface area (TPSA) is 63.6 Å². The number of benzene rings is 1. The molecule has 0 saturated carbocycles. The summed E-state index contributed by atoms with van der Waals surface area (Å²) in [6.07, 6.45) is 3.24. The number of aryl methyl sites for hydroxylation is 1. The summed E-state index contributed by atoms with van der Waals surface area (Å²) in [6.45, 7) is 4.20. The lowest BCUT2D eigenvalue weighted by Gasteiger charge is -2.14. The Morgan fingerprint density at radius 3 is 2.64 bits per heavy atom. The van der Waals surface area contributed by atoms with Crippen molar-refractivity contribution in [3.05, 3.63) is 58.7 Å². The molecular formula is C19H17FN4O. The van der Waals surface area contributed by atoms with Gasteiger partial charge in [-0.3, -0.25) is 9.55 Å². The summed E-state index contributed by atoms with van der Waals surface area (Å²) in [5.41, 5.74) is 5.04. The molecule has 126 valence electrons. The predicted octanol–water partition coefficient (Wildman–Crippen LogP) is 3.74. The molecule has 3 aromatic heterocycles. The maximum absolute atomic E-state index is 13.2. The molecule has 0 fully saturated rings. The number of rotatable bonds is 2. The maximum atomic E-state index is 13.2. The summed E-state index contributed by atoms with van der Waals surface area (Å²) in [5, 5.41) is 0.860. The molecule has 0 aliphatic carbocycles. The predicted molar refractivity (Wildman–Crippen MR) is 96.1 cm³/mol. The minimum absolute atomic E-state index is 0.178. The first-order valence-electron chi connectivity index (χ1n) is 8.09. The summed E-state index contributed by atoms with van der Waals surface area (Å²) in [7, 11) is 1.71. The summed E-state index contributed by atoms with van der Waals surface area (Å²) < 4.78 is 14.7. The van der Waals surface area contributed by atoms with Crippen LogP contribution >= 0.6 is 0 Å². The highest BCUT2D eigenvalue weighted by molar-refractivity contribution is 6.04. The molecule has 0 spiro atoms. The molecule has 6 heteroatoms. The van der Waals surface area contributed by atoms with Crippen LogP contribution in [0.1, 0.15) is 25.3 Å². The van der Waals surface area contributed by atoms with Crippen molar-refractivity contribution in [3.63, 3.8) is 0 Å². The monoisotopic (exact) mass is 336 g/mol. The average Bonchev–Trinajstić information content (AvgIpc) is 2.89. The van der Waals surface area contributed by atoms with E-state index in [4.69, 9.17) is 0 Å². The molecule has 1 aromatic carbocycles. The van der Waals surface area contributed by atoms with Gasteiger partial charge in [-0.1, -0.05) is 13.8 Å². The number of hydrogen-bond acceptors (Lipinski definition) is 3. The van der Waals surface area contributed by atoms with E-state index in [1.165, 1.54) is 16.8 Å². The van der Waals surface area contributed by atoms with Gasteiger partial charge in [-0.15, -0.1) is 0 Å². The summed E-state index contributed by atoms with van der Waals surface area (Å²) in [6, 6.07) is 7.11. The highest BCUT2D eigenvalue weighted by Gasteiger charge is 2.15. The van der Waals surface area contributed by atoms with Crippen molar-refractivity contribution in [2.45, 2.75) is 19.8 Å². The lowest BCUT2D eigenvalue weighted by Crippen LogP contribution is -2.11. The van der Waals surface area contributed by atoms with E-state index >= 15 is 0 Å². The van der Waals surface area contributed by atoms with Gasteiger partial charge >= 0.3 is 5.69 Å². The Morgan fingerprint density at radius 1 is 1.16 bits per heavy atom. The van der Waals surface area contributed by atoms with Gasteiger partial charge in [0.2, 0.25) is 5.95 Å². The van der Waals surface area contributed by atoms with Crippen molar-refractivity contribution in [1.82, 2.24) is 19.5 Å². The standard InChI is InChI=1S/C19H17FN4O/c1-10(2)12-7-15-14(6-13(12)11-4-5-17(20)22-8-11)18-16(9-21-15)24(3)19(25)23-18/h4-10H,1-3H3,(H,23,25).